The summed E-state index contributed by atoms with van der Waals surface area (Å²) in [5.41, 5.74) is 8.04. The molecular weight excluding hydrogens is 217 g/mol. The SMILES string of the molecule is CCOC(C(C)C)C(N)c1cc(F)ccc1C. The Balaban J connectivity index is 2.99. The number of aryl methyl sites for hydroxylation is 1. The average Bonchev–Trinajstić information content (AvgIpc) is 2.28. The molecule has 17 heavy (non-hydrogen) atoms. The van der Waals surface area contributed by atoms with Crippen LogP contribution in [-0.4, -0.2) is 12.7 Å². The minimum atomic E-state index is -0.286. The van der Waals surface area contributed by atoms with E-state index in [1.807, 2.05) is 13.8 Å². The quantitative estimate of drug-likeness (QED) is 0.856. The molecule has 0 saturated carbocycles. The lowest BCUT2D eigenvalue weighted by atomic mass is 9.91. The highest BCUT2D eigenvalue weighted by atomic mass is 19.1. The Kier molecular flexibility index (Phi) is 5.09. The van der Waals surface area contributed by atoms with Crippen molar-refractivity contribution in [1.82, 2.24) is 0 Å². The molecule has 1 aromatic carbocycles. The first-order valence-electron chi connectivity index (χ1n) is 6.10. The summed E-state index contributed by atoms with van der Waals surface area (Å²) in [7, 11) is 0. The molecule has 0 aliphatic heterocycles. The Hall–Kier alpha value is -0.930. The van der Waals surface area contributed by atoms with E-state index in [1.165, 1.54) is 12.1 Å². The van der Waals surface area contributed by atoms with E-state index in [9.17, 15) is 4.39 Å². The van der Waals surface area contributed by atoms with Crippen molar-refractivity contribution in [2.24, 2.45) is 11.7 Å². The second-order valence-corrected chi connectivity index (χ2v) is 4.69. The number of benzene rings is 1. The van der Waals surface area contributed by atoms with Crippen molar-refractivity contribution in [2.45, 2.75) is 39.8 Å². The molecule has 0 aliphatic carbocycles. The van der Waals surface area contributed by atoms with Gasteiger partial charge in [-0.1, -0.05) is 19.9 Å². The first-order chi connectivity index (χ1) is 7.97. The number of hydrogen-bond donors (Lipinski definition) is 1. The fourth-order valence-electron chi connectivity index (χ4n) is 2.05. The van der Waals surface area contributed by atoms with E-state index in [4.69, 9.17) is 10.5 Å². The Morgan fingerprint density at radius 1 is 1.35 bits per heavy atom. The molecular formula is C14H22FNO. The topological polar surface area (TPSA) is 35.2 Å². The Morgan fingerprint density at radius 2 is 2.00 bits per heavy atom. The minimum absolute atomic E-state index is 0.0829. The number of halogens is 1. The largest absolute Gasteiger partial charge is 0.376 e. The van der Waals surface area contributed by atoms with Crippen molar-refractivity contribution in [3.63, 3.8) is 0 Å². The zero-order valence-electron chi connectivity index (χ0n) is 11.0. The number of ether oxygens (including phenoxy) is 1. The first-order valence-corrected chi connectivity index (χ1v) is 6.10. The molecule has 2 nitrogen and oxygen atoms in total. The van der Waals surface area contributed by atoms with Gasteiger partial charge in [-0.15, -0.1) is 0 Å². The van der Waals surface area contributed by atoms with Gasteiger partial charge in [-0.2, -0.15) is 0 Å². The van der Waals surface area contributed by atoms with Gasteiger partial charge in [-0.3, -0.25) is 0 Å². The molecule has 1 aromatic rings. The lowest BCUT2D eigenvalue weighted by molar-refractivity contribution is 0.0120. The molecule has 3 heteroatoms. The van der Waals surface area contributed by atoms with Gasteiger partial charge in [0.2, 0.25) is 0 Å². The van der Waals surface area contributed by atoms with Crippen molar-refractivity contribution < 1.29 is 9.13 Å². The molecule has 96 valence electrons. The standard InChI is InChI=1S/C14H22FNO/c1-5-17-14(9(2)3)13(16)12-8-11(15)7-6-10(12)4/h6-9,13-14H,5,16H2,1-4H3. The van der Waals surface area contributed by atoms with Gasteiger partial charge in [0.15, 0.2) is 0 Å². The van der Waals surface area contributed by atoms with Crippen LogP contribution in [0.3, 0.4) is 0 Å². The molecule has 0 radical (unpaired) electrons. The summed E-state index contributed by atoms with van der Waals surface area (Å²) in [5.74, 6) is 0.0488. The molecule has 2 unspecified atom stereocenters. The van der Waals surface area contributed by atoms with Gasteiger partial charge in [0.05, 0.1) is 12.1 Å². The summed E-state index contributed by atoms with van der Waals surface area (Å²) in [5, 5.41) is 0. The second-order valence-electron chi connectivity index (χ2n) is 4.69. The molecule has 0 aromatic heterocycles. The molecule has 2 N–H and O–H groups in total. The smallest absolute Gasteiger partial charge is 0.123 e. The molecule has 0 fully saturated rings. The van der Waals surface area contributed by atoms with Crippen LogP contribution in [0, 0.1) is 18.7 Å². The monoisotopic (exact) mass is 239 g/mol. The maximum atomic E-state index is 13.3. The van der Waals surface area contributed by atoms with Crippen LogP contribution in [-0.2, 0) is 4.74 Å². The lowest BCUT2D eigenvalue weighted by Crippen LogP contribution is -2.34. The zero-order chi connectivity index (χ0) is 13.0. The first kappa shape index (κ1) is 14.1. The van der Waals surface area contributed by atoms with E-state index in [-0.39, 0.29) is 18.0 Å². The van der Waals surface area contributed by atoms with Gasteiger partial charge in [0.25, 0.3) is 0 Å². The predicted molar refractivity (Wildman–Crippen MR) is 68.3 cm³/mol. The van der Waals surface area contributed by atoms with Gasteiger partial charge in [-0.05, 0) is 43.0 Å². The van der Waals surface area contributed by atoms with Crippen molar-refractivity contribution in [2.75, 3.05) is 6.61 Å². The third-order valence-corrected chi connectivity index (χ3v) is 2.97. The summed E-state index contributed by atoms with van der Waals surface area (Å²) in [6, 6.07) is 4.43. The third-order valence-electron chi connectivity index (χ3n) is 2.97. The fraction of sp³-hybridized carbons (Fsp3) is 0.571. The van der Waals surface area contributed by atoms with E-state index in [0.29, 0.717) is 12.5 Å². The third kappa shape index (κ3) is 3.51. The van der Waals surface area contributed by atoms with Crippen LogP contribution >= 0.6 is 0 Å². The normalized spacial score (nSPS) is 15.0. The van der Waals surface area contributed by atoms with Crippen LogP contribution in [0.2, 0.25) is 0 Å². The summed E-state index contributed by atoms with van der Waals surface area (Å²) >= 11 is 0. The average molecular weight is 239 g/mol. The highest BCUT2D eigenvalue weighted by Crippen LogP contribution is 2.25. The molecule has 0 saturated heterocycles. The summed E-state index contributed by atoms with van der Waals surface area (Å²) < 4.78 is 18.9. The maximum Gasteiger partial charge on any atom is 0.123 e. The van der Waals surface area contributed by atoms with E-state index >= 15 is 0 Å². The highest BCUT2D eigenvalue weighted by Gasteiger charge is 2.24. The van der Waals surface area contributed by atoms with Crippen molar-refractivity contribution in [3.05, 3.63) is 35.1 Å². The Labute approximate surface area is 103 Å². The van der Waals surface area contributed by atoms with Gasteiger partial charge >= 0.3 is 0 Å². The summed E-state index contributed by atoms with van der Waals surface area (Å²) in [6.07, 6.45) is -0.0829. The second kappa shape index (κ2) is 6.12. The minimum Gasteiger partial charge on any atom is -0.376 e. The van der Waals surface area contributed by atoms with Crippen LogP contribution in [0.1, 0.15) is 37.9 Å². The van der Waals surface area contributed by atoms with Crippen LogP contribution in [0.4, 0.5) is 4.39 Å². The van der Waals surface area contributed by atoms with Crippen LogP contribution in [0.15, 0.2) is 18.2 Å². The van der Waals surface area contributed by atoms with Crippen LogP contribution in [0.25, 0.3) is 0 Å². The number of hydrogen-bond acceptors (Lipinski definition) is 2. The molecule has 0 spiro atoms. The van der Waals surface area contributed by atoms with Gasteiger partial charge in [0, 0.05) is 6.61 Å². The van der Waals surface area contributed by atoms with Gasteiger partial charge < -0.3 is 10.5 Å². The van der Waals surface area contributed by atoms with Crippen LogP contribution < -0.4 is 5.73 Å². The molecule has 0 bridgehead atoms. The molecule has 0 heterocycles. The van der Waals surface area contributed by atoms with Crippen LogP contribution in [0.5, 0.6) is 0 Å². The fourth-order valence-corrected chi connectivity index (χ4v) is 2.05. The highest BCUT2D eigenvalue weighted by molar-refractivity contribution is 5.30. The molecule has 0 aliphatic rings. The number of rotatable bonds is 5. The van der Waals surface area contributed by atoms with Crippen molar-refractivity contribution in [1.29, 1.82) is 0 Å². The molecule has 0 amide bonds. The van der Waals surface area contributed by atoms with Gasteiger partial charge in [0.1, 0.15) is 5.82 Å². The summed E-state index contributed by atoms with van der Waals surface area (Å²) in [4.78, 5) is 0. The lowest BCUT2D eigenvalue weighted by Gasteiger charge is -2.28. The van der Waals surface area contributed by atoms with Gasteiger partial charge in [-0.25, -0.2) is 4.39 Å². The zero-order valence-corrected chi connectivity index (χ0v) is 11.0. The predicted octanol–water partition coefficient (Wildman–Crippen LogP) is 3.20. The Bertz CT molecular complexity index is 365. The maximum absolute atomic E-state index is 13.3. The number of nitrogens with two attached hydrogens (primary N) is 1. The van der Waals surface area contributed by atoms with E-state index < -0.39 is 0 Å². The van der Waals surface area contributed by atoms with E-state index in [1.54, 1.807) is 6.07 Å². The van der Waals surface area contributed by atoms with E-state index in [0.717, 1.165) is 11.1 Å². The summed E-state index contributed by atoms with van der Waals surface area (Å²) in [6.45, 7) is 8.63. The van der Waals surface area contributed by atoms with E-state index in [2.05, 4.69) is 13.8 Å². The van der Waals surface area contributed by atoms with Crippen molar-refractivity contribution in [3.8, 4) is 0 Å². The molecule has 2 atom stereocenters. The van der Waals surface area contributed by atoms with Crippen molar-refractivity contribution >= 4 is 0 Å². The molecule has 1 rings (SSSR count). The Morgan fingerprint density at radius 3 is 2.53 bits per heavy atom.